The molecule has 0 aromatic heterocycles. The number of nitrogens with one attached hydrogen (secondary N) is 1. The Bertz CT molecular complexity index is 940. The van der Waals surface area contributed by atoms with Gasteiger partial charge in [-0.2, -0.15) is 0 Å². The number of hydrogen-bond acceptors (Lipinski definition) is 7. The van der Waals surface area contributed by atoms with Crippen LogP contribution in [0.1, 0.15) is 27.7 Å². The maximum Gasteiger partial charge on any atom is 0.355 e. The molecule has 1 saturated heterocycles. The molecule has 156 valence electrons. The van der Waals surface area contributed by atoms with E-state index in [4.69, 9.17) is 4.74 Å². The van der Waals surface area contributed by atoms with Crippen LogP contribution in [0, 0.1) is 10.1 Å². The summed E-state index contributed by atoms with van der Waals surface area (Å²) in [5, 5.41) is 10.7. The number of rotatable bonds is 5. The number of thioether (sulfide) groups is 1. The van der Waals surface area contributed by atoms with Crippen LogP contribution in [0.3, 0.4) is 0 Å². The van der Waals surface area contributed by atoms with E-state index >= 15 is 0 Å². The molecule has 3 atom stereocenters. The normalized spacial score (nSPS) is 22.6. The summed E-state index contributed by atoms with van der Waals surface area (Å²) in [7, 11) is -1.96. The number of nitro groups is 1. The number of carbonyl (C=O) groups excluding carboxylic acids is 2. The van der Waals surface area contributed by atoms with Crippen LogP contribution in [0.2, 0.25) is 0 Å². The molecule has 2 heterocycles. The molecular weight excluding hydrogens is 418 g/mol. The lowest BCUT2D eigenvalue weighted by molar-refractivity contribution is -0.387. The lowest BCUT2D eigenvalue weighted by Crippen LogP contribution is -2.70. The summed E-state index contributed by atoms with van der Waals surface area (Å²) < 4.78 is 20.8. The van der Waals surface area contributed by atoms with Crippen molar-refractivity contribution >= 4 is 40.3 Å². The van der Waals surface area contributed by atoms with Gasteiger partial charge in [0.15, 0.2) is 0 Å². The number of nitro benzene ring substituents is 1. The minimum Gasteiger partial charge on any atom is -0.455 e. The number of benzene rings is 1. The van der Waals surface area contributed by atoms with Crippen molar-refractivity contribution in [1.82, 2.24) is 9.62 Å². The summed E-state index contributed by atoms with van der Waals surface area (Å²) in [5.41, 5.74) is -0.0530. The predicted molar refractivity (Wildman–Crippen MR) is 108 cm³/mol. The highest BCUT2D eigenvalue weighted by Crippen LogP contribution is 2.41. The van der Waals surface area contributed by atoms with Crippen LogP contribution < -0.4 is 4.72 Å². The summed E-state index contributed by atoms with van der Waals surface area (Å²) in [6.07, 6.45) is 0. The number of carbonyl (C=O) groups is 2. The fourth-order valence-electron chi connectivity index (χ4n) is 3.01. The zero-order chi connectivity index (χ0) is 21.5. The van der Waals surface area contributed by atoms with Gasteiger partial charge < -0.3 is 4.74 Å². The van der Waals surface area contributed by atoms with Crippen molar-refractivity contribution in [2.45, 2.75) is 49.6 Å². The van der Waals surface area contributed by atoms with Crippen LogP contribution in [-0.4, -0.2) is 48.7 Å². The van der Waals surface area contributed by atoms with E-state index < -0.39 is 44.8 Å². The van der Waals surface area contributed by atoms with Crippen molar-refractivity contribution in [3.63, 3.8) is 0 Å². The molecule has 0 spiro atoms. The number of esters is 1. The molecule has 11 heteroatoms. The summed E-state index contributed by atoms with van der Waals surface area (Å²) >= 11 is 1.43. The maximum absolute atomic E-state index is 12.7. The van der Waals surface area contributed by atoms with Gasteiger partial charge in [-0.25, -0.2) is 13.7 Å². The summed E-state index contributed by atoms with van der Waals surface area (Å²) in [4.78, 5) is 37.2. The van der Waals surface area contributed by atoms with Crippen LogP contribution >= 0.6 is 11.8 Å². The van der Waals surface area contributed by atoms with Crippen molar-refractivity contribution < 1.29 is 23.5 Å². The molecule has 29 heavy (non-hydrogen) atoms. The predicted octanol–water partition coefficient (Wildman–Crippen LogP) is 2.11. The second kappa shape index (κ2) is 7.88. The Morgan fingerprint density at radius 1 is 1.38 bits per heavy atom. The number of fused-ring (bicyclic) bond motifs is 1. The third-order valence-electron chi connectivity index (χ3n) is 4.25. The van der Waals surface area contributed by atoms with Crippen molar-refractivity contribution in [2.75, 3.05) is 5.75 Å². The van der Waals surface area contributed by atoms with Crippen LogP contribution in [0.15, 0.2) is 40.4 Å². The maximum atomic E-state index is 12.7. The Balaban J connectivity index is 1.78. The van der Waals surface area contributed by atoms with Gasteiger partial charge in [0.1, 0.15) is 38.6 Å². The van der Waals surface area contributed by atoms with Gasteiger partial charge in [-0.3, -0.25) is 19.8 Å². The van der Waals surface area contributed by atoms with Gasteiger partial charge in [-0.15, -0.1) is 11.8 Å². The van der Waals surface area contributed by atoms with Crippen LogP contribution in [0.25, 0.3) is 0 Å². The van der Waals surface area contributed by atoms with E-state index in [0.717, 1.165) is 5.57 Å². The number of β-lactam (4-membered cyclic amide) rings is 1. The first-order valence-corrected chi connectivity index (χ1v) is 11.0. The van der Waals surface area contributed by atoms with Gasteiger partial charge >= 0.3 is 5.97 Å². The van der Waals surface area contributed by atoms with Crippen molar-refractivity contribution in [2.24, 2.45) is 0 Å². The topological polar surface area (TPSA) is 119 Å². The molecule has 1 fully saturated rings. The van der Waals surface area contributed by atoms with E-state index in [1.807, 2.05) is 0 Å². The highest BCUT2D eigenvalue weighted by atomic mass is 32.2. The lowest BCUT2D eigenvalue weighted by atomic mass is 10.0. The van der Waals surface area contributed by atoms with E-state index in [1.54, 1.807) is 33.8 Å². The molecule has 9 nitrogen and oxygen atoms in total. The molecule has 0 saturated carbocycles. The number of para-hydroxylation sites is 1. The number of nitrogens with zero attached hydrogens (tertiary/aromatic N) is 2. The smallest absolute Gasteiger partial charge is 0.355 e. The van der Waals surface area contributed by atoms with Crippen molar-refractivity contribution in [3.05, 3.63) is 45.6 Å². The largest absolute Gasteiger partial charge is 0.455 e. The minimum absolute atomic E-state index is 0.0105. The summed E-state index contributed by atoms with van der Waals surface area (Å²) in [6, 6.07) is 4.83. The molecule has 1 N–H and O–H groups in total. The second-order valence-corrected chi connectivity index (χ2v) is 9.95. The average molecular weight is 440 g/mol. The van der Waals surface area contributed by atoms with E-state index in [0.29, 0.717) is 5.75 Å². The fraction of sp³-hybridized carbons (Fsp3) is 0.444. The van der Waals surface area contributed by atoms with Gasteiger partial charge in [0.2, 0.25) is 5.91 Å². The first kappa shape index (κ1) is 21.5. The molecule has 3 rings (SSSR count). The Morgan fingerprint density at radius 2 is 2.03 bits per heavy atom. The molecule has 0 aliphatic carbocycles. The van der Waals surface area contributed by atoms with E-state index in [-0.39, 0.29) is 16.3 Å². The standard InChI is InChI=1S/C18H21N3O6S2/c1-10-9-28-16-13(15(22)20(16)14(10)17(23)27-18(2,3)4)19-29(26)12-8-6-5-7-11(12)21(24)25/h5-8,13,16,19H,9H2,1-4H3/t13-,16-,29?/m1/s1. The number of hydrogen-bond donors (Lipinski definition) is 1. The first-order chi connectivity index (χ1) is 13.5. The van der Waals surface area contributed by atoms with Gasteiger partial charge in [0, 0.05) is 11.8 Å². The molecule has 0 bridgehead atoms. The number of ether oxygens (including phenoxy) is 1. The minimum atomic E-state index is -1.96. The molecular formula is C18H21N3O6S2. The third-order valence-corrected chi connectivity index (χ3v) is 6.88. The van der Waals surface area contributed by atoms with Crippen molar-refractivity contribution in [1.29, 1.82) is 0 Å². The Hall–Kier alpha value is -2.24. The molecule has 2 aliphatic rings. The quantitative estimate of drug-likeness (QED) is 0.323. The molecule has 1 aromatic carbocycles. The van der Waals surface area contributed by atoms with Gasteiger partial charge in [0.25, 0.3) is 5.69 Å². The van der Waals surface area contributed by atoms with E-state index in [1.165, 1.54) is 34.9 Å². The number of amides is 1. The SMILES string of the molecule is CC1=C(C(=O)OC(C)(C)C)N2C(=O)[C@@H](NS(=O)c3ccccc3[N+](=O)[O-])[C@H]2SC1. The Kier molecular flexibility index (Phi) is 5.84. The highest BCUT2D eigenvalue weighted by molar-refractivity contribution is 8.00. The first-order valence-electron chi connectivity index (χ1n) is 8.80. The molecule has 1 unspecified atom stereocenters. The fourth-order valence-corrected chi connectivity index (χ4v) is 5.51. The highest BCUT2D eigenvalue weighted by Gasteiger charge is 2.54. The van der Waals surface area contributed by atoms with Gasteiger partial charge in [-0.05, 0) is 39.3 Å². The zero-order valence-corrected chi connectivity index (χ0v) is 18.0. The van der Waals surface area contributed by atoms with Crippen LogP contribution in [0.4, 0.5) is 5.69 Å². The molecule has 2 aliphatic heterocycles. The molecule has 0 radical (unpaired) electrons. The average Bonchev–Trinajstić information content (AvgIpc) is 2.64. The zero-order valence-electron chi connectivity index (χ0n) is 16.3. The van der Waals surface area contributed by atoms with E-state index in [2.05, 4.69) is 4.72 Å². The monoisotopic (exact) mass is 439 g/mol. The van der Waals surface area contributed by atoms with Gasteiger partial charge in [-0.1, -0.05) is 12.1 Å². The lowest BCUT2D eigenvalue weighted by Gasteiger charge is -2.49. The second-order valence-electron chi connectivity index (χ2n) is 7.63. The third kappa shape index (κ3) is 4.21. The van der Waals surface area contributed by atoms with Crippen LogP contribution in [0.5, 0.6) is 0 Å². The van der Waals surface area contributed by atoms with E-state index in [9.17, 15) is 23.9 Å². The van der Waals surface area contributed by atoms with Gasteiger partial charge in [0.05, 0.1) is 4.92 Å². The Labute approximate surface area is 174 Å². The van der Waals surface area contributed by atoms with Crippen molar-refractivity contribution in [3.8, 4) is 0 Å². The van der Waals surface area contributed by atoms with Crippen LogP contribution in [-0.2, 0) is 25.3 Å². The molecule has 1 amide bonds. The summed E-state index contributed by atoms with van der Waals surface area (Å²) in [6.45, 7) is 7.00. The molecule has 1 aromatic rings. The summed E-state index contributed by atoms with van der Waals surface area (Å²) in [5.74, 6) is -0.486. The Morgan fingerprint density at radius 3 is 2.66 bits per heavy atom.